The molecule has 0 bridgehead atoms. The first-order chi connectivity index (χ1) is 11.6. The van der Waals surface area contributed by atoms with Crippen molar-refractivity contribution in [2.75, 3.05) is 49.5 Å². The van der Waals surface area contributed by atoms with Gasteiger partial charge in [0, 0.05) is 32.7 Å². The van der Waals surface area contributed by atoms with Crippen LogP contribution >= 0.6 is 11.3 Å². The van der Waals surface area contributed by atoms with E-state index in [0.29, 0.717) is 32.8 Å². The van der Waals surface area contributed by atoms with Crippen LogP contribution in [0.2, 0.25) is 0 Å². The van der Waals surface area contributed by atoms with Crippen molar-refractivity contribution < 1.29 is 9.53 Å². The van der Waals surface area contributed by atoms with Crippen molar-refractivity contribution in [3.8, 4) is 0 Å². The lowest BCUT2D eigenvalue weighted by Crippen LogP contribution is -2.49. The topological polar surface area (TPSA) is 70.6 Å². The lowest BCUT2D eigenvalue weighted by molar-refractivity contribution is 0.105. The smallest absolute Gasteiger partial charge is 0.409 e. The molecule has 0 radical (unpaired) electrons. The number of anilines is 2. The minimum Gasteiger partial charge on any atom is -0.450 e. The lowest BCUT2D eigenvalue weighted by atomic mass is 10.2. The average molecular weight is 349 g/mol. The zero-order valence-electron chi connectivity index (χ0n) is 14.3. The van der Waals surface area contributed by atoms with Gasteiger partial charge in [-0.1, -0.05) is 0 Å². The fraction of sp³-hybridized carbons (Fsp3) is 0.562. The molecule has 2 aromatic heterocycles. The molecule has 130 valence electrons. The van der Waals surface area contributed by atoms with Gasteiger partial charge in [0.15, 0.2) is 0 Å². The van der Waals surface area contributed by atoms with E-state index in [4.69, 9.17) is 14.7 Å². The average Bonchev–Trinajstić information content (AvgIpc) is 2.97. The molecule has 0 saturated carbocycles. The van der Waals surface area contributed by atoms with Crippen molar-refractivity contribution in [2.45, 2.75) is 20.8 Å². The molecule has 7 nitrogen and oxygen atoms in total. The quantitative estimate of drug-likeness (QED) is 0.915. The van der Waals surface area contributed by atoms with Crippen molar-refractivity contribution in [3.05, 3.63) is 10.9 Å². The summed E-state index contributed by atoms with van der Waals surface area (Å²) in [7, 11) is 0. The third-order valence-electron chi connectivity index (χ3n) is 4.04. The highest BCUT2D eigenvalue weighted by Gasteiger charge is 2.24. The van der Waals surface area contributed by atoms with Gasteiger partial charge >= 0.3 is 6.09 Å². The van der Waals surface area contributed by atoms with Gasteiger partial charge in [-0.25, -0.2) is 9.78 Å². The Kier molecular flexibility index (Phi) is 5.03. The van der Waals surface area contributed by atoms with Crippen LogP contribution in [0, 0.1) is 6.92 Å². The molecule has 1 saturated heterocycles. The molecule has 1 amide bonds. The largest absolute Gasteiger partial charge is 0.450 e. The minimum absolute atomic E-state index is 0.240. The molecule has 0 unspecified atom stereocenters. The number of hydrogen-bond donors (Lipinski definition) is 1. The number of hydrogen-bond acceptors (Lipinski definition) is 7. The summed E-state index contributed by atoms with van der Waals surface area (Å²) in [5.74, 6) is 1.62. The molecule has 1 aliphatic rings. The Morgan fingerprint density at radius 1 is 1.29 bits per heavy atom. The zero-order chi connectivity index (χ0) is 17.1. The van der Waals surface area contributed by atoms with Crippen molar-refractivity contribution >= 4 is 39.4 Å². The summed E-state index contributed by atoms with van der Waals surface area (Å²) in [5.41, 5.74) is 1.20. The number of piperazine rings is 1. The second-order valence-electron chi connectivity index (χ2n) is 5.67. The first-order valence-corrected chi connectivity index (χ1v) is 9.18. The van der Waals surface area contributed by atoms with Crippen LogP contribution in [-0.2, 0) is 4.74 Å². The van der Waals surface area contributed by atoms with Crippen LogP contribution in [-0.4, -0.2) is 60.3 Å². The molecule has 3 rings (SSSR count). The van der Waals surface area contributed by atoms with E-state index in [1.165, 1.54) is 5.56 Å². The molecule has 3 heterocycles. The van der Waals surface area contributed by atoms with E-state index < -0.39 is 0 Å². The Balaban J connectivity index is 1.79. The van der Waals surface area contributed by atoms with Crippen LogP contribution in [0.3, 0.4) is 0 Å². The predicted molar refractivity (Wildman–Crippen MR) is 97.1 cm³/mol. The highest BCUT2D eigenvalue weighted by molar-refractivity contribution is 7.17. The number of rotatable bonds is 4. The van der Waals surface area contributed by atoms with E-state index in [9.17, 15) is 4.79 Å². The Hall–Kier alpha value is -2.09. The molecule has 8 heteroatoms. The van der Waals surface area contributed by atoms with E-state index in [1.54, 1.807) is 16.2 Å². The third kappa shape index (κ3) is 3.24. The number of nitrogens with zero attached hydrogens (tertiary/aromatic N) is 4. The van der Waals surface area contributed by atoms with Crippen LogP contribution < -0.4 is 10.2 Å². The molecular weight excluding hydrogens is 326 g/mol. The second-order valence-corrected chi connectivity index (χ2v) is 6.53. The summed E-state index contributed by atoms with van der Waals surface area (Å²) in [4.78, 5) is 26.1. The third-order valence-corrected chi connectivity index (χ3v) is 5.03. The lowest BCUT2D eigenvalue weighted by Gasteiger charge is -2.34. The van der Waals surface area contributed by atoms with Gasteiger partial charge in [0.2, 0.25) is 5.95 Å². The molecule has 24 heavy (non-hydrogen) atoms. The summed E-state index contributed by atoms with van der Waals surface area (Å²) in [5, 5.41) is 6.57. The fourth-order valence-corrected chi connectivity index (χ4v) is 3.73. The van der Waals surface area contributed by atoms with Crippen LogP contribution in [0.4, 0.5) is 16.6 Å². The van der Waals surface area contributed by atoms with E-state index in [0.717, 1.165) is 28.5 Å². The van der Waals surface area contributed by atoms with Crippen LogP contribution in [0.5, 0.6) is 0 Å². The molecule has 0 aromatic carbocycles. The number of carbonyl (C=O) groups excluding carboxylic acids is 1. The van der Waals surface area contributed by atoms with Gasteiger partial charge in [0.05, 0.1) is 12.0 Å². The molecule has 1 aliphatic heterocycles. The van der Waals surface area contributed by atoms with Gasteiger partial charge in [-0.15, -0.1) is 11.3 Å². The second kappa shape index (κ2) is 7.21. The number of fused-ring (bicyclic) bond motifs is 1. The van der Waals surface area contributed by atoms with Crippen LogP contribution in [0.1, 0.15) is 19.4 Å². The van der Waals surface area contributed by atoms with Gasteiger partial charge in [0.1, 0.15) is 10.6 Å². The minimum atomic E-state index is -0.240. The van der Waals surface area contributed by atoms with E-state index in [-0.39, 0.29) is 6.09 Å². The Morgan fingerprint density at radius 2 is 2.04 bits per heavy atom. The first-order valence-electron chi connectivity index (χ1n) is 8.30. The first kappa shape index (κ1) is 16.8. The number of thiophene rings is 1. The number of amides is 1. The van der Waals surface area contributed by atoms with Crippen molar-refractivity contribution in [1.82, 2.24) is 14.9 Å². The summed E-state index contributed by atoms with van der Waals surface area (Å²) < 4.78 is 5.06. The Morgan fingerprint density at radius 3 is 2.71 bits per heavy atom. The Labute approximate surface area is 145 Å². The van der Waals surface area contributed by atoms with Crippen LogP contribution in [0.25, 0.3) is 10.2 Å². The maximum atomic E-state index is 11.8. The fourth-order valence-electron chi connectivity index (χ4n) is 2.81. The van der Waals surface area contributed by atoms with E-state index in [1.807, 2.05) is 6.92 Å². The summed E-state index contributed by atoms with van der Waals surface area (Å²) >= 11 is 1.64. The van der Waals surface area contributed by atoms with Crippen LogP contribution in [0.15, 0.2) is 5.38 Å². The maximum Gasteiger partial charge on any atom is 0.409 e. The number of ether oxygens (including phenoxy) is 1. The molecular formula is C16H23N5O2S. The van der Waals surface area contributed by atoms with Crippen molar-refractivity contribution in [3.63, 3.8) is 0 Å². The molecule has 1 N–H and O–H groups in total. The highest BCUT2D eigenvalue weighted by Crippen LogP contribution is 2.31. The van der Waals surface area contributed by atoms with Gasteiger partial charge < -0.3 is 19.9 Å². The summed E-state index contributed by atoms with van der Waals surface area (Å²) in [6.45, 7) is 9.86. The van der Waals surface area contributed by atoms with E-state index in [2.05, 4.69) is 29.4 Å². The molecule has 0 spiro atoms. The molecule has 1 fully saturated rings. The van der Waals surface area contributed by atoms with Crippen molar-refractivity contribution in [2.24, 2.45) is 0 Å². The zero-order valence-corrected chi connectivity index (χ0v) is 15.2. The number of carbonyl (C=O) groups is 1. The summed E-state index contributed by atoms with van der Waals surface area (Å²) in [6.07, 6.45) is -0.240. The SMILES string of the molecule is CCNc1nc(N2CCN(C(=O)OCC)CC2)nc2scc(C)c12. The molecule has 0 atom stereocenters. The Bertz CT molecular complexity index is 725. The number of nitrogens with one attached hydrogen (secondary N) is 1. The van der Waals surface area contributed by atoms with Gasteiger partial charge in [-0.3, -0.25) is 0 Å². The number of aromatic nitrogens is 2. The molecule has 0 aliphatic carbocycles. The maximum absolute atomic E-state index is 11.8. The van der Waals surface area contributed by atoms with Gasteiger partial charge in [0.25, 0.3) is 0 Å². The normalized spacial score (nSPS) is 15.0. The van der Waals surface area contributed by atoms with Gasteiger partial charge in [-0.2, -0.15) is 4.98 Å². The standard InChI is InChI=1S/C16H23N5O2S/c1-4-17-13-12-11(3)10-24-14(12)19-15(18-13)20-6-8-21(9-7-20)16(22)23-5-2/h10H,4-9H2,1-3H3,(H,17,18,19). The molecule has 2 aromatic rings. The predicted octanol–water partition coefficient (Wildman–Crippen LogP) is 2.71. The van der Waals surface area contributed by atoms with Crippen molar-refractivity contribution in [1.29, 1.82) is 0 Å². The highest BCUT2D eigenvalue weighted by atomic mass is 32.1. The summed E-state index contributed by atoms with van der Waals surface area (Å²) in [6, 6.07) is 0. The van der Waals surface area contributed by atoms with E-state index >= 15 is 0 Å². The number of aryl methyl sites for hydroxylation is 1. The van der Waals surface area contributed by atoms with Gasteiger partial charge in [-0.05, 0) is 31.7 Å². The monoisotopic (exact) mass is 349 g/mol.